The first-order valence-electron chi connectivity index (χ1n) is 20.3. The molecular weight excluding hydrogens is 820 g/mol. The van der Waals surface area contributed by atoms with Crippen molar-refractivity contribution in [3.05, 3.63) is 80.7 Å². The van der Waals surface area contributed by atoms with Crippen molar-refractivity contribution in [3.8, 4) is 12.1 Å². The van der Waals surface area contributed by atoms with Crippen molar-refractivity contribution in [3.63, 3.8) is 0 Å². The summed E-state index contributed by atoms with van der Waals surface area (Å²) in [5.74, 6) is -0.375. The molecule has 1 aromatic carbocycles. The summed E-state index contributed by atoms with van der Waals surface area (Å²) < 4.78 is 20.7. The number of allylic oxidation sites excluding steroid dienone is 2. The first-order valence-corrected chi connectivity index (χ1v) is 20.7. The van der Waals surface area contributed by atoms with Crippen LogP contribution in [-0.2, 0) is 35.1 Å². The van der Waals surface area contributed by atoms with E-state index in [-0.39, 0.29) is 62.1 Å². The van der Waals surface area contributed by atoms with Crippen LogP contribution >= 0.6 is 11.6 Å². The molecule has 0 saturated carbocycles. The van der Waals surface area contributed by atoms with Crippen LogP contribution in [0.4, 0.5) is 9.59 Å². The molecule has 0 unspecified atom stereocenters. The molecule has 0 bridgehead atoms. The number of ether oxygens (including phenoxy) is 4. The van der Waals surface area contributed by atoms with Gasteiger partial charge in [0, 0.05) is 49.8 Å². The van der Waals surface area contributed by atoms with Crippen LogP contribution in [0, 0.1) is 35.8 Å². The molecule has 2 fully saturated rings. The van der Waals surface area contributed by atoms with Crippen LogP contribution in [0.2, 0.25) is 5.02 Å². The van der Waals surface area contributed by atoms with E-state index in [9.17, 15) is 29.7 Å². The van der Waals surface area contributed by atoms with E-state index in [4.69, 9.17) is 43.7 Å². The maximum absolute atomic E-state index is 12.5. The lowest BCUT2D eigenvalue weighted by atomic mass is 10.1. The van der Waals surface area contributed by atoms with Crippen LogP contribution in [0.3, 0.4) is 0 Å². The summed E-state index contributed by atoms with van der Waals surface area (Å²) in [5.41, 5.74) is -0.786. The maximum atomic E-state index is 12.5. The van der Waals surface area contributed by atoms with E-state index in [0.717, 1.165) is 18.4 Å². The van der Waals surface area contributed by atoms with Gasteiger partial charge in [-0.1, -0.05) is 29.8 Å². The summed E-state index contributed by atoms with van der Waals surface area (Å²) >= 11 is 6.38. The fourth-order valence-electron chi connectivity index (χ4n) is 6.40. The summed E-state index contributed by atoms with van der Waals surface area (Å²) in [4.78, 5) is 60.4. The third kappa shape index (κ3) is 18.5. The second kappa shape index (κ2) is 25.4. The van der Waals surface area contributed by atoms with Crippen LogP contribution in [0.1, 0.15) is 86.6 Å². The Kier molecular flexibility index (Phi) is 21.2. The zero-order valence-corrected chi connectivity index (χ0v) is 37.7. The lowest BCUT2D eigenvalue weighted by molar-refractivity contribution is -0.144. The number of hydrogen-bond acceptors (Lipinski definition) is 14. The van der Waals surface area contributed by atoms with Crippen molar-refractivity contribution >= 4 is 35.7 Å². The minimum absolute atomic E-state index is 0.141. The molecule has 2 saturated heterocycles. The summed E-state index contributed by atoms with van der Waals surface area (Å²) in [7, 11) is 0. The molecule has 62 heavy (non-hydrogen) atoms. The molecule has 18 nitrogen and oxygen atoms in total. The zero-order valence-electron chi connectivity index (χ0n) is 36.9. The first-order chi connectivity index (χ1) is 29.3. The Balaban J connectivity index is 0.000000442. The monoisotopic (exact) mass is 878 g/mol. The predicted octanol–water partition coefficient (Wildman–Crippen LogP) is 6.05. The van der Waals surface area contributed by atoms with Gasteiger partial charge in [-0.25, -0.2) is 29.8 Å². The lowest BCUT2D eigenvalue weighted by Gasteiger charge is -2.41. The van der Waals surface area contributed by atoms with Crippen molar-refractivity contribution in [2.24, 2.45) is 0 Å². The highest BCUT2D eigenvalue weighted by atomic mass is 35.5. The third-order valence-electron chi connectivity index (χ3n) is 8.72. The molecule has 2 aliphatic rings. The third-order valence-corrected chi connectivity index (χ3v) is 9.09. The van der Waals surface area contributed by atoms with Crippen molar-refractivity contribution in [1.82, 2.24) is 30.7 Å². The van der Waals surface area contributed by atoms with Crippen LogP contribution in [0.5, 0.6) is 0 Å². The summed E-state index contributed by atoms with van der Waals surface area (Å²) in [6.07, 6.45) is 1.89. The molecule has 2 aliphatic heterocycles. The smallest absolute Gasteiger partial charge is 0.407 e. The number of alkyl carbamates (subject to hydrolysis) is 2. The minimum atomic E-state index is -0.632. The average Bonchev–Trinajstić information content (AvgIpc) is 3.18. The van der Waals surface area contributed by atoms with Crippen LogP contribution in [-0.4, -0.2) is 115 Å². The number of esters is 2. The number of rotatable bonds is 14. The van der Waals surface area contributed by atoms with Gasteiger partial charge >= 0.3 is 29.8 Å². The molecule has 2 amide bonds. The van der Waals surface area contributed by atoms with E-state index in [1.165, 1.54) is 0 Å². The highest BCUT2D eigenvalue weighted by molar-refractivity contribution is 6.31. The average molecular weight is 879 g/mol. The molecule has 2 atom stereocenters. The number of carbonyl (C=O) groups excluding carboxylic acids is 4. The number of hydrogen-bond donors (Lipinski definition) is 3. The van der Waals surface area contributed by atoms with Crippen molar-refractivity contribution in [2.45, 2.75) is 111 Å². The van der Waals surface area contributed by atoms with E-state index in [1.807, 2.05) is 29.2 Å². The Labute approximate surface area is 370 Å². The Morgan fingerprint density at radius 2 is 1.32 bits per heavy atom. The molecule has 19 heteroatoms. The zero-order chi connectivity index (χ0) is 46.5. The normalized spacial score (nSPS) is 16.9. The van der Waals surface area contributed by atoms with Gasteiger partial charge in [-0.15, -0.1) is 0 Å². The van der Waals surface area contributed by atoms with E-state index in [2.05, 4.69) is 25.6 Å². The molecule has 3 N–H and O–H groups in total. The number of nitriles is 2. The molecule has 3 rings (SSSR count). The Bertz CT molecular complexity index is 1920. The van der Waals surface area contributed by atoms with E-state index < -0.39 is 35.3 Å². The molecule has 0 aliphatic carbocycles. The van der Waals surface area contributed by atoms with Crippen LogP contribution in [0.25, 0.3) is 9.69 Å². The van der Waals surface area contributed by atoms with Crippen LogP contribution in [0.15, 0.2) is 47.3 Å². The van der Waals surface area contributed by atoms with Gasteiger partial charge in [-0.3, -0.25) is 9.59 Å². The lowest BCUT2D eigenvalue weighted by Crippen LogP contribution is -2.51. The highest BCUT2D eigenvalue weighted by Gasteiger charge is 2.31. The van der Waals surface area contributed by atoms with Gasteiger partial charge in [0.2, 0.25) is 0 Å². The van der Waals surface area contributed by atoms with Gasteiger partial charge in [0.1, 0.15) is 35.9 Å². The Morgan fingerprint density at radius 3 is 1.81 bits per heavy atom. The molecule has 0 spiro atoms. The van der Waals surface area contributed by atoms with Crippen molar-refractivity contribution in [2.75, 3.05) is 52.5 Å². The van der Waals surface area contributed by atoms with Gasteiger partial charge in [-0.05, 0) is 92.7 Å². The van der Waals surface area contributed by atoms with E-state index in [0.29, 0.717) is 49.9 Å². The van der Waals surface area contributed by atoms with E-state index in [1.54, 1.807) is 77.3 Å². The summed E-state index contributed by atoms with van der Waals surface area (Å²) in [5, 5.41) is 28.0. The molecule has 2 heterocycles. The fourth-order valence-corrected chi connectivity index (χ4v) is 6.60. The summed E-state index contributed by atoms with van der Waals surface area (Å²) in [6.45, 7) is 31.2. The molecule has 336 valence electrons. The molecule has 1 aromatic rings. The Morgan fingerprint density at radius 1 is 0.823 bits per heavy atom. The van der Waals surface area contributed by atoms with E-state index >= 15 is 0 Å². The number of piperidine rings is 2. The van der Waals surface area contributed by atoms with Crippen molar-refractivity contribution in [1.29, 1.82) is 10.5 Å². The fraction of sp³-hybridized carbons (Fsp3) is 0.581. The molecule has 0 radical (unpaired) electrons. The van der Waals surface area contributed by atoms with Gasteiger partial charge in [0.25, 0.3) is 5.70 Å². The molecule has 0 aromatic heterocycles. The standard InChI is InChI=1S/C25H32ClN5O4.C18H27N5O4/c1-6-34-22(32)17-31(15-18-10-7-8-12-20(18)26)23(21(14-27)28-5)30-13-9-11-19(16-30)29-24(33)35-25(2,3)4;1-6-26-15(24)11-21-16(14(10-19)20-5)23-9-7-8-13(12-23)22-17(25)27-18(2,3)4/h7-8,10,12,19H,6,9,11,13,15-17H2,1-4H3,(H,29,33);13,21H,6-9,11-12H2,1-4H3,(H,22,25)/b23-21+;16-14-/t19-;13-/m11/s1. The first kappa shape index (κ1) is 51.8. The van der Waals surface area contributed by atoms with Gasteiger partial charge < -0.3 is 49.6 Å². The number of nitrogens with zero attached hydrogens (tertiary/aromatic N) is 7. The van der Waals surface area contributed by atoms with Gasteiger partial charge in [0.15, 0.2) is 0 Å². The topological polar surface area (TPSA) is 207 Å². The second-order valence-electron chi connectivity index (χ2n) is 16.1. The van der Waals surface area contributed by atoms with Crippen LogP contribution < -0.4 is 16.0 Å². The summed E-state index contributed by atoms with van der Waals surface area (Å²) in [6, 6.07) is 10.6. The van der Waals surface area contributed by atoms with Gasteiger partial charge in [-0.2, -0.15) is 0 Å². The second-order valence-corrected chi connectivity index (χ2v) is 16.5. The van der Waals surface area contributed by atoms with Gasteiger partial charge in [0.05, 0.1) is 38.5 Å². The Hall–Kier alpha value is -6.37. The van der Waals surface area contributed by atoms with Crippen molar-refractivity contribution < 1.29 is 38.1 Å². The SMILES string of the molecule is [C-]#[N+]/C(C#N)=C(/N(CC(=O)OCC)Cc1ccccc1Cl)N1CCC[C@@H](NC(=O)OC(C)(C)C)C1.[C-]#[N+]/C(C#N)=C(/NCC(=O)OCC)N1CCC[C@@H](NC(=O)OC(C)(C)C)C1. The minimum Gasteiger partial charge on any atom is -0.465 e. The highest BCUT2D eigenvalue weighted by Crippen LogP contribution is 2.27. The number of nitrogens with one attached hydrogen (secondary N) is 3. The quantitative estimate of drug-likeness (QED) is 0.0843. The number of halogens is 1. The number of benzene rings is 1. The maximum Gasteiger partial charge on any atom is 0.407 e. The number of carbonyl (C=O) groups is 4. The largest absolute Gasteiger partial charge is 0.465 e. The molecular formula is C43H59ClN10O8. The number of amides is 2. The number of likely N-dealkylation sites (tertiary alicyclic amines) is 2. The predicted molar refractivity (Wildman–Crippen MR) is 230 cm³/mol.